The summed E-state index contributed by atoms with van der Waals surface area (Å²) in [5.41, 5.74) is 0.676. The lowest BCUT2D eigenvalue weighted by atomic mass is 10.2. The van der Waals surface area contributed by atoms with E-state index in [4.69, 9.17) is 21.6 Å². The first-order valence-corrected chi connectivity index (χ1v) is 3.90. The number of hydrogen-bond acceptors (Lipinski definition) is 4. The normalized spacial score (nSPS) is 9.85. The molecule has 0 aromatic heterocycles. The summed E-state index contributed by atoms with van der Waals surface area (Å²) < 4.78 is 4.48. The van der Waals surface area contributed by atoms with E-state index >= 15 is 0 Å². The molecule has 6 heteroatoms. The van der Waals surface area contributed by atoms with Gasteiger partial charge in [0.1, 0.15) is 5.75 Å². The summed E-state index contributed by atoms with van der Waals surface area (Å²) in [6.45, 7) is 1.71. The number of phenols is 1. The zero-order valence-electron chi connectivity index (χ0n) is 6.86. The molecule has 0 aliphatic carbocycles. The Kier molecular flexibility index (Phi) is 3.03. The molecule has 1 aromatic carbocycles. The lowest BCUT2D eigenvalue weighted by Gasteiger charge is -2.08. The fourth-order valence-electron chi connectivity index (χ4n) is 0.852. The SMILES string of the molecule is Cc1cc(OB(O)O)c(O)cc1Cl. The van der Waals surface area contributed by atoms with Crippen molar-refractivity contribution in [3.05, 3.63) is 22.7 Å². The summed E-state index contributed by atoms with van der Waals surface area (Å²) in [5, 5.41) is 26.6. The second kappa shape index (κ2) is 3.87. The summed E-state index contributed by atoms with van der Waals surface area (Å²) in [7, 11) is -1.95. The van der Waals surface area contributed by atoms with Crippen LogP contribution in [-0.2, 0) is 0 Å². The molecule has 0 fully saturated rings. The van der Waals surface area contributed by atoms with Crippen LogP contribution >= 0.6 is 11.6 Å². The quantitative estimate of drug-likeness (QED) is 0.618. The molecule has 0 aliphatic heterocycles. The molecular weight excluding hydrogens is 194 g/mol. The van der Waals surface area contributed by atoms with Crippen molar-refractivity contribution in [1.29, 1.82) is 0 Å². The van der Waals surface area contributed by atoms with Gasteiger partial charge in [0.15, 0.2) is 5.75 Å². The van der Waals surface area contributed by atoms with E-state index < -0.39 is 7.32 Å². The Hall–Kier alpha value is -0.905. The molecule has 0 aliphatic rings. The Bertz CT molecular complexity index is 316. The molecule has 0 radical (unpaired) electrons. The Morgan fingerprint density at radius 2 is 2.00 bits per heavy atom. The monoisotopic (exact) mass is 202 g/mol. The van der Waals surface area contributed by atoms with Crippen molar-refractivity contribution in [1.82, 2.24) is 0 Å². The summed E-state index contributed by atoms with van der Waals surface area (Å²) in [4.78, 5) is 0. The van der Waals surface area contributed by atoms with Gasteiger partial charge in [0.2, 0.25) is 0 Å². The molecule has 0 atom stereocenters. The highest BCUT2D eigenvalue weighted by atomic mass is 35.5. The minimum Gasteiger partial charge on any atom is -0.509 e. The average molecular weight is 202 g/mol. The van der Waals surface area contributed by atoms with Gasteiger partial charge in [-0.15, -0.1) is 0 Å². The number of halogens is 1. The summed E-state index contributed by atoms with van der Waals surface area (Å²) in [6, 6.07) is 2.69. The van der Waals surface area contributed by atoms with Gasteiger partial charge in [-0.2, -0.15) is 0 Å². The van der Waals surface area contributed by atoms with Crippen molar-refractivity contribution in [2.45, 2.75) is 6.92 Å². The first-order chi connectivity index (χ1) is 6.00. The van der Waals surface area contributed by atoms with E-state index in [-0.39, 0.29) is 11.5 Å². The van der Waals surface area contributed by atoms with Crippen LogP contribution in [-0.4, -0.2) is 22.5 Å². The Labute approximate surface area is 80.5 Å². The van der Waals surface area contributed by atoms with E-state index in [1.54, 1.807) is 6.92 Å². The Morgan fingerprint density at radius 3 is 2.54 bits per heavy atom. The molecule has 1 rings (SSSR count). The summed E-state index contributed by atoms with van der Waals surface area (Å²) >= 11 is 5.68. The molecule has 0 amide bonds. The van der Waals surface area contributed by atoms with Crippen LogP contribution in [0.1, 0.15) is 5.56 Å². The predicted molar refractivity (Wildman–Crippen MR) is 48.7 cm³/mol. The zero-order chi connectivity index (χ0) is 10.0. The fourth-order valence-corrected chi connectivity index (χ4v) is 1.01. The third-order valence-electron chi connectivity index (χ3n) is 1.47. The van der Waals surface area contributed by atoms with Crippen molar-refractivity contribution >= 4 is 18.9 Å². The molecule has 3 N–H and O–H groups in total. The average Bonchev–Trinajstić information content (AvgIpc) is 1.99. The van der Waals surface area contributed by atoms with Crippen molar-refractivity contribution in [2.75, 3.05) is 0 Å². The van der Waals surface area contributed by atoms with Crippen molar-refractivity contribution in [3.63, 3.8) is 0 Å². The number of phenolic OH excluding ortho intramolecular Hbond substituents is 1. The van der Waals surface area contributed by atoms with Crippen LogP contribution in [0.4, 0.5) is 0 Å². The van der Waals surface area contributed by atoms with Crippen LogP contribution in [0.25, 0.3) is 0 Å². The van der Waals surface area contributed by atoms with Crippen LogP contribution in [0.3, 0.4) is 0 Å². The van der Waals surface area contributed by atoms with Gasteiger partial charge in [0.05, 0.1) is 0 Å². The molecule has 0 saturated carbocycles. The van der Waals surface area contributed by atoms with Crippen LogP contribution < -0.4 is 4.65 Å². The van der Waals surface area contributed by atoms with E-state index in [9.17, 15) is 5.11 Å². The minimum absolute atomic E-state index is 0.0168. The number of benzene rings is 1. The van der Waals surface area contributed by atoms with Gasteiger partial charge in [-0.1, -0.05) is 11.6 Å². The number of hydrogen-bond donors (Lipinski definition) is 3. The zero-order valence-corrected chi connectivity index (χ0v) is 7.62. The van der Waals surface area contributed by atoms with Crippen LogP contribution in [0.5, 0.6) is 11.5 Å². The lowest BCUT2D eigenvalue weighted by molar-refractivity contribution is 0.281. The van der Waals surface area contributed by atoms with Crippen molar-refractivity contribution in [3.8, 4) is 11.5 Å². The first-order valence-electron chi connectivity index (χ1n) is 3.52. The van der Waals surface area contributed by atoms with Gasteiger partial charge >= 0.3 is 7.32 Å². The smallest absolute Gasteiger partial charge is 0.509 e. The molecule has 1 aromatic rings. The molecular formula is C7H8BClO4. The second-order valence-electron chi connectivity index (χ2n) is 2.51. The van der Waals surface area contributed by atoms with Gasteiger partial charge in [0.25, 0.3) is 0 Å². The number of rotatable bonds is 2. The lowest BCUT2D eigenvalue weighted by Crippen LogP contribution is -2.20. The third-order valence-corrected chi connectivity index (χ3v) is 1.88. The summed E-state index contributed by atoms with van der Waals surface area (Å²) in [6.07, 6.45) is 0. The molecule has 0 spiro atoms. The maximum Gasteiger partial charge on any atom is 0.707 e. The highest BCUT2D eigenvalue weighted by Crippen LogP contribution is 2.31. The van der Waals surface area contributed by atoms with Crippen molar-refractivity contribution < 1.29 is 19.8 Å². The van der Waals surface area contributed by atoms with E-state index in [0.29, 0.717) is 10.6 Å². The van der Waals surface area contributed by atoms with Gasteiger partial charge in [-0.25, -0.2) is 0 Å². The van der Waals surface area contributed by atoms with Crippen LogP contribution in [0, 0.1) is 6.92 Å². The molecule has 0 unspecified atom stereocenters. The standard InChI is InChI=1S/C7H8BClO4/c1-4-2-7(13-8(11)12)6(10)3-5(4)9/h2-3,10-12H,1H3. The van der Waals surface area contributed by atoms with Gasteiger partial charge in [-0.05, 0) is 18.6 Å². The Balaban J connectivity index is 3.01. The van der Waals surface area contributed by atoms with E-state index in [2.05, 4.69) is 4.65 Å². The van der Waals surface area contributed by atoms with E-state index in [1.165, 1.54) is 12.1 Å². The van der Waals surface area contributed by atoms with Crippen LogP contribution in [0.15, 0.2) is 12.1 Å². The maximum atomic E-state index is 9.23. The molecule has 13 heavy (non-hydrogen) atoms. The van der Waals surface area contributed by atoms with Gasteiger partial charge in [-0.3, -0.25) is 0 Å². The number of aryl methyl sites for hydroxylation is 1. The van der Waals surface area contributed by atoms with Crippen LogP contribution in [0.2, 0.25) is 5.02 Å². The highest BCUT2D eigenvalue weighted by molar-refractivity contribution is 6.34. The molecule has 0 bridgehead atoms. The second-order valence-corrected chi connectivity index (χ2v) is 2.92. The van der Waals surface area contributed by atoms with E-state index in [1.807, 2.05) is 0 Å². The number of aromatic hydroxyl groups is 1. The largest absolute Gasteiger partial charge is 0.707 e. The topological polar surface area (TPSA) is 69.9 Å². The minimum atomic E-state index is -1.95. The molecule has 0 heterocycles. The van der Waals surface area contributed by atoms with Crippen molar-refractivity contribution in [2.24, 2.45) is 0 Å². The highest BCUT2D eigenvalue weighted by Gasteiger charge is 2.15. The first kappa shape index (κ1) is 10.2. The summed E-state index contributed by atoms with van der Waals surface area (Å²) in [5.74, 6) is -0.249. The molecule has 0 saturated heterocycles. The molecule has 4 nitrogen and oxygen atoms in total. The molecule has 70 valence electrons. The van der Waals surface area contributed by atoms with Gasteiger partial charge < -0.3 is 19.8 Å². The fraction of sp³-hybridized carbons (Fsp3) is 0.143. The van der Waals surface area contributed by atoms with E-state index in [0.717, 1.165) is 0 Å². The maximum absolute atomic E-state index is 9.23. The van der Waals surface area contributed by atoms with Gasteiger partial charge in [0, 0.05) is 11.1 Å². The predicted octanol–water partition coefficient (Wildman–Crippen LogP) is 0.702. The Morgan fingerprint density at radius 1 is 1.38 bits per heavy atom. The third kappa shape index (κ3) is 2.52.